The monoisotopic (exact) mass is 250 g/mol. The minimum Gasteiger partial charge on any atom is -1.00 e. The van der Waals surface area contributed by atoms with Crippen LogP contribution in [0.3, 0.4) is 0 Å². The van der Waals surface area contributed by atoms with E-state index < -0.39 is 0 Å². The smallest absolute Gasteiger partial charge is 1.00 e. The van der Waals surface area contributed by atoms with E-state index in [1.54, 1.807) is 0 Å². The first-order chi connectivity index (χ1) is 1.00. The van der Waals surface area contributed by atoms with E-state index in [0.29, 0.717) is 0 Å². The van der Waals surface area contributed by atoms with Crippen molar-refractivity contribution in [1.82, 2.24) is 0 Å². The molecule has 0 unspecified atom stereocenters. The Kier molecular flexibility index (Phi) is 699. The van der Waals surface area contributed by atoms with E-state index in [0.717, 1.165) is 0 Å². The van der Waals surface area contributed by atoms with Gasteiger partial charge in [-0.1, -0.05) is 0 Å². The molecule has 0 aliphatic carbocycles. The third-order valence-electron chi connectivity index (χ3n) is 0. The molecule has 0 rings (SSSR count). The van der Waals surface area contributed by atoms with Gasteiger partial charge in [-0.05, 0) is 19.5 Å². The van der Waals surface area contributed by atoms with Crippen LogP contribution < -0.4 is 49.6 Å². The molecule has 46 valence electrons. The molecule has 0 saturated carbocycles. The van der Waals surface area contributed by atoms with Crippen molar-refractivity contribution in [2.75, 3.05) is 0 Å². The first kappa shape index (κ1) is 58.7. The van der Waals surface area contributed by atoms with Crippen molar-refractivity contribution in [2.45, 2.75) is 0 Å². The molecular weight excluding hydrogens is 246 g/mol. The number of halogens is 4. The van der Waals surface area contributed by atoms with Crippen LogP contribution in [0.2, 0.25) is 0 Å². The summed E-state index contributed by atoms with van der Waals surface area (Å²) >= 11 is 0. The fraction of sp³-hybridized carbons (Fsp3) is 0. The number of hydrogen-bond donors (Lipinski definition) is 0. The molecule has 0 heterocycles. The molecule has 0 bridgehead atoms. The molecule has 7 heteroatoms. The summed E-state index contributed by atoms with van der Waals surface area (Å²) in [6, 6.07) is 0. The first-order valence-electron chi connectivity index (χ1n) is 1.00. The summed E-state index contributed by atoms with van der Waals surface area (Å²) < 4.78 is 0. The quantitative estimate of drug-likeness (QED) is 0.375. The first-order valence-corrected chi connectivity index (χ1v) is 9.00. The molecule has 0 saturated heterocycles. The number of rotatable bonds is 0. The summed E-state index contributed by atoms with van der Waals surface area (Å²) in [5.74, 6) is 0. The molecule has 0 N–H and O–H groups in total. The van der Waals surface area contributed by atoms with Gasteiger partial charge in [-0.15, -0.1) is 0 Å². The summed E-state index contributed by atoms with van der Waals surface area (Å²) in [5, 5.41) is 0. The standard InChI is InChI=1S/4ClH.H6Si2.Ti/c;;;;1-2;/h4*1H;1-2H3;/q;;;;;+4/p-4. The van der Waals surface area contributed by atoms with Gasteiger partial charge < -0.3 is 49.6 Å². The Balaban J connectivity index is -0.000000000500. The molecule has 0 atom stereocenters. The van der Waals surface area contributed by atoms with Gasteiger partial charge in [0.05, 0.1) is 0 Å². The van der Waals surface area contributed by atoms with Crippen LogP contribution in [-0.4, -0.2) is 19.5 Å². The SMILES string of the molecule is [Cl-].[Cl-].[Cl-].[Cl-].[SiH3][SiH3].[Ti+4]. The third kappa shape index (κ3) is 62.1. The third-order valence-corrected chi connectivity index (χ3v) is 0. The largest absolute Gasteiger partial charge is 4.00 e. The van der Waals surface area contributed by atoms with Crippen LogP contribution in [0.25, 0.3) is 0 Å². The van der Waals surface area contributed by atoms with Gasteiger partial charge in [-0.2, -0.15) is 0 Å². The van der Waals surface area contributed by atoms with Gasteiger partial charge in [0, 0.05) is 0 Å². The van der Waals surface area contributed by atoms with E-state index in [9.17, 15) is 0 Å². The van der Waals surface area contributed by atoms with Gasteiger partial charge in [0.15, 0.2) is 0 Å². The van der Waals surface area contributed by atoms with Gasteiger partial charge in [-0.25, -0.2) is 0 Å². The molecule has 0 fully saturated rings. The predicted octanol–water partition coefficient (Wildman–Crippen LogP) is -14.4. The van der Waals surface area contributed by atoms with Crippen molar-refractivity contribution in [1.29, 1.82) is 0 Å². The van der Waals surface area contributed by atoms with Crippen molar-refractivity contribution in [3.05, 3.63) is 0 Å². The molecule has 0 aromatic rings. The second kappa shape index (κ2) is 83.3. The van der Waals surface area contributed by atoms with E-state index in [1.807, 2.05) is 0 Å². The Morgan fingerprint density at radius 3 is 0.571 bits per heavy atom. The Bertz CT molecular complexity index is 9.65. The van der Waals surface area contributed by atoms with Crippen LogP contribution in [0.4, 0.5) is 0 Å². The van der Waals surface area contributed by atoms with E-state index in [4.69, 9.17) is 0 Å². The zero-order valence-corrected chi connectivity index (χ0v) is 12.6. The maximum Gasteiger partial charge on any atom is 4.00 e. The van der Waals surface area contributed by atoms with Gasteiger partial charge in [0.25, 0.3) is 0 Å². The van der Waals surface area contributed by atoms with Crippen LogP contribution in [0.1, 0.15) is 0 Å². The zero-order chi connectivity index (χ0) is 2.00. The van der Waals surface area contributed by atoms with Gasteiger partial charge >= 0.3 is 21.7 Å². The summed E-state index contributed by atoms with van der Waals surface area (Å²) in [7, 11) is 2.89. The van der Waals surface area contributed by atoms with Crippen LogP contribution in [0.15, 0.2) is 0 Å². The Morgan fingerprint density at radius 2 is 0.571 bits per heavy atom. The van der Waals surface area contributed by atoms with E-state index in [-0.39, 0.29) is 71.3 Å². The van der Waals surface area contributed by atoms with Crippen LogP contribution in [0.5, 0.6) is 0 Å². The topological polar surface area (TPSA) is 0 Å². The van der Waals surface area contributed by atoms with E-state index in [1.165, 1.54) is 19.5 Å². The maximum absolute atomic E-state index is 1.44. The molecule has 0 radical (unpaired) electrons. The minimum atomic E-state index is 0. The van der Waals surface area contributed by atoms with Gasteiger partial charge in [0.1, 0.15) is 0 Å². The Morgan fingerprint density at radius 1 is 0.571 bits per heavy atom. The second-order valence-electron chi connectivity index (χ2n) is 0. The molecule has 0 aromatic heterocycles. The second-order valence-corrected chi connectivity index (χ2v) is 0. The molecule has 0 spiro atoms. The fourth-order valence-electron chi connectivity index (χ4n) is 0. The van der Waals surface area contributed by atoms with E-state index >= 15 is 0 Å². The van der Waals surface area contributed by atoms with Crippen molar-refractivity contribution in [3.63, 3.8) is 0 Å². The van der Waals surface area contributed by atoms with Crippen molar-refractivity contribution in [3.8, 4) is 0 Å². The van der Waals surface area contributed by atoms with E-state index in [2.05, 4.69) is 0 Å². The molecule has 0 aliphatic heterocycles. The molecule has 7 heavy (non-hydrogen) atoms. The van der Waals surface area contributed by atoms with Crippen molar-refractivity contribution >= 4 is 19.5 Å². The average molecular weight is 252 g/mol. The molecule has 0 aromatic carbocycles. The van der Waals surface area contributed by atoms with Crippen LogP contribution in [-0.2, 0) is 21.7 Å². The summed E-state index contributed by atoms with van der Waals surface area (Å²) in [5.41, 5.74) is 0. The van der Waals surface area contributed by atoms with Crippen molar-refractivity contribution in [2.24, 2.45) is 0 Å². The molecule has 0 amide bonds. The molecule has 0 aliphatic rings. The summed E-state index contributed by atoms with van der Waals surface area (Å²) in [6.45, 7) is 0. The predicted molar refractivity (Wildman–Crippen MR) is 19.9 cm³/mol. The average Bonchev–Trinajstić information content (AvgIpc) is 1.00. The summed E-state index contributed by atoms with van der Waals surface area (Å²) in [6.07, 6.45) is 0. The fourth-order valence-corrected chi connectivity index (χ4v) is 0. The molecule has 0 nitrogen and oxygen atoms in total. The Labute approximate surface area is 90.1 Å². The normalized spacial score (nSPS) is 1.71. The van der Waals surface area contributed by atoms with Crippen LogP contribution >= 0.6 is 0 Å². The van der Waals surface area contributed by atoms with Crippen LogP contribution in [0, 0.1) is 0 Å². The van der Waals surface area contributed by atoms with Crippen molar-refractivity contribution < 1.29 is 71.3 Å². The Hall–Kier alpha value is 2.31. The summed E-state index contributed by atoms with van der Waals surface area (Å²) in [4.78, 5) is 0. The number of hydrogen-bond acceptors (Lipinski definition) is 0. The van der Waals surface area contributed by atoms with Gasteiger partial charge in [0.2, 0.25) is 0 Å². The minimum absolute atomic E-state index is 0. The maximum atomic E-state index is 1.44. The van der Waals surface area contributed by atoms with Gasteiger partial charge in [-0.3, -0.25) is 0 Å². The zero-order valence-electron chi connectivity index (χ0n) is 4.01. The molecular formula is H6Cl4Si2Ti.